The van der Waals surface area contributed by atoms with Gasteiger partial charge in [0.25, 0.3) is 0 Å². The van der Waals surface area contributed by atoms with Crippen LogP contribution < -0.4 is 10.6 Å². The van der Waals surface area contributed by atoms with Crippen molar-refractivity contribution in [1.82, 2.24) is 45.3 Å². The molecule has 37 heavy (non-hydrogen) atoms. The maximum Gasteiger partial charge on any atom is 0.408 e. The van der Waals surface area contributed by atoms with Gasteiger partial charge in [-0.2, -0.15) is 5.10 Å². The van der Waals surface area contributed by atoms with Crippen LogP contribution >= 0.6 is 11.6 Å². The van der Waals surface area contributed by atoms with Crippen molar-refractivity contribution in [1.29, 1.82) is 0 Å². The molecule has 0 saturated carbocycles. The molecule has 0 bridgehead atoms. The molecule has 5 heterocycles. The lowest BCUT2D eigenvalue weighted by Gasteiger charge is -2.38. The van der Waals surface area contributed by atoms with E-state index in [2.05, 4.69) is 35.7 Å². The number of aromatic nitrogens is 7. The van der Waals surface area contributed by atoms with Gasteiger partial charge < -0.3 is 15.4 Å². The van der Waals surface area contributed by atoms with Gasteiger partial charge >= 0.3 is 6.09 Å². The minimum Gasteiger partial charge on any atom is -0.444 e. The fourth-order valence-corrected chi connectivity index (χ4v) is 4.65. The zero-order valence-corrected chi connectivity index (χ0v) is 21.9. The second-order valence-electron chi connectivity index (χ2n) is 10.1. The Labute approximate surface area is 219 Å². The van der Waals surface area contributed by atoms with E-state index in [9.17, 15) is 4.79 Å². The normalized spacial score (nSPS) is 18.1. The summed E-state index contributed by atoms with van der Waals surface area (Å²) in [4.78, 5) is 35.4. The largest absolute Gasteiger partial charge is 0.444 e. The van der Waals surface area contributed by atoms with Crippen LogP contribution in [0.2, 0.25) is 5.15 Å². The maximum absolute atomic E-state index is 12.8. The number of amides is 1. The van der Waals surface area contributed by atoms with E-state index in [1.54, 1.807) is 35.7 Å². The molecule has 1 aliphatic rings. The minimum atomic E-state index is -0.895. The number of nitrogens with zero attached hydrogens (tertiary/aromatic N) is 7. The number of rotatable bonds is 4. The summed E-state index contributed by atoms with van der Waals surface area (Å²) in [6, 6.07) is 1.89. The summed E-state index contributed by atoms with van der Waals surface area (Å²) in [5.74, 6) is 0.456. The highest BCUT2D eigenvalue weighted by molar-refractivity contribution is 6.30. The molecule has 4 aromatic heterocycles. The molecule has 1 fully saturated rings. The molecule has 1 saturated heterocycles. The number of carbonyl (C=O) groups excluding carboxylic acids is 1. The Morgan fingerprint density at radius 3 is 2.70 bits per heavy atom. The third kappa shape index (κ3) is 5.23. The van der Waals surface area contributed by atoms with Gasteiger partial charge in [-0.25, -0.2) is 24.4 Å². The van der Waals surface area contributed by atoms with Crippen LogP contribution in [0.3, 0.4) is 0 Å². The van der Waals surface area contributed by atoms with Crippen molar-refractivity contribution in [3.8, 4) is 17.2 Å². The number of halogens is 1. The molecule has 1 atom stereocenters. The number of alkyl carbamates (subject to hydrolysis) is 1. The number of hydrogen-bond acceptors (Lipinski definition) is 9. The number of nitrogens with one attached hydrogen (secondary N) is 2. The van der Waals surface area contributed by atoms with Crippen molar-refractivity contribution in [3.63, 3.8) is 0 Å². The number of hydrogen-bond donors (Lipinski definition) is 2. The van der Waals surface area contributed by atoms with E-state index >= 15 is 0 Å². The summed E-state index contributed by atoms with van der Waals surface area (Å²) in [5.41, 5.74) is 1.79. The molecular weight excluding hydrogens is 494 g/mol. The van der Waals surface area contributed by atoms with Gasteiger partial charge in [-0.05, 0) is 53.1 Å². The topological polar surface area (TPSA) is 133 Å². The molecule has 2 N–H and O–H groups in total. The fourth-order valence-electron chi connectivity index (χ4n) is 4.37. The molecule has 0 spiro atoms. The van der Waals surface area contributed by atoms with Crippen LogP contribution in [-0.2, 0) is 10.3 Å². The third-order valence-corrected chi connectivity index (χ3v) is 6.26. The van der Waals surface area contributed by atoms with Crippen LogP contribution in [0.25, 0.3) is 28.1 Å². The first-order valence-corrected chi connectivity index (χ1v) is 12.4. The van der Waals surface area contributed by atoms with E-state index < -0.39 is 17.2 Å². The molecule has 0 aliphatic carbocycles. The second kappa shape index (κ2) is 9.64. The highest BCUT2D eigenvalue weighted by atomic mass is 35.5. The van der Waals surface area contributed by atoms with Crippen LogP contribution in [0.15, 0.2) is 37.1 Å². The van der Waals surface area contributed by atoms with Crippen LogP contribution in [0.4, 0.5) is 4.79 Å². The van der Waals surface area contributed by atoms with Crippen molar-refractivity contribution in [2.24, 2.45) is 0 Å². The Morgan fingerprint density at radius 2 is 1.97 bits per heavy atom. The van der Waals surface area contributed by atoms with Crippen LogP contribution in [0.1, 0.15) is 45.0 Å². The summed E-state index contributed by atoms with van der Waals surface area (Å²) in [6.45, 7) is 8.60. The Bertz CT molecular complexity index is 1460. The Kier molecular flexibility index (Phi) is 6.50. The van der Waals surface area contributed by atoms with Crippen molar-refractivity contribution >= 4 is 28.6 Å². The van der Waals surface area contributed by atoms with Gasteiger partial charge in [-0.1, -0.05) is 11.6 Å². The quantitative estimate of drug-likeness (QED) is 0.412. The second-order valence-corrected chi connectivity index (χ2v) is 10.4. The van der Waals surface area contributed by atoms with Crippen LogP contribution in [-0.4, -0.2) is 59.5 Å². The lowest BCUT2D eigenvalue weighted by molar-refractivity contribution is 0.0427. The van der Waals surface area contributed by atoms with E-state index in [0.717, 1.165) is 29.6 Å². The summed E-state index contributed by atoms with van der Waals surface area (Å²) in [7, 11) is 0. The highest BCUT2D eigenvalue weighted by Crippen LogP contribution is 2.33. The molecular formula is C25H28ClN9O2. The number of aryl methyl sites for hydroxylation is 1. The van der Waals surface area contributed by atoms with Crippen molar-refractivity contribution in [2.45, 2.75) is 51.7 Å². The number of piperidine rings is 1. The summed E-state index contributed by atoms with van der Waals surface area (Å²) < 4.78 is 7.22. The summed E-state index contributed by atoms with van der Waals surface area (Å²) >= 11 is 6.59. The first-order chi connectivity index (χ1) is 17.6. The first kappa shape index (κ1) is 25.0. The van der Waals surface area contributed by atoms with Gasteiger partial charge in [0.1, 0.15) is 22.5 Å². The highest BCUT2D eigenvalue weighted by Gasteiger charge is 2.40. The van der Waals surface area contributed by atoms with Crippen molar-refractivity contribution in [3.05, 3.63) is 53.6 Å². The molecule has 0 unspecified atom stereocenters. The van der Waals surface area contributed by atoms with Gasteiger partial charge in [0, 0.05) is 24.3 Å². The van der Waals surface area contributed by atoms with Gasteiger partial charge in [0.15, 0.2) is 11.0 Å². The average molecular weight is 522 g/mol. The lowest BCUT2D eigenvalue weighted by Crippen LogP contribution is -2.56. The molecule has 0 aromatic carbocycles. The zero-order chi connectivity index (χ0) is 26.2. The summed E-state index contributed by atoms with van der Waals surface area (Å²) in [5, 5.41) is 11.9. The maximum atomic E-state index is 12.8. The Morgan fingerprint density at radius 1 is 1.14 bits per heavy atom. The standard InChI is InChI=1S/C25H28ClN9O2/c1-15-9-28-12-18(32-15)17-8-19-16(10-29-17)11-31-35(19)20-13-30-22(26)21(33-20)25(6-5-7-27-14-25)34-23(36)37-24(2,3)4/h8-13,27H,5-7,14H2,1-4H3,(H,34,36)/t25-/m0/s1. The smallest absolute Gasteiger partial charge is 0.408 e. The van der Waals surface area contributed by atoms with Gasteiger partial charge in [-0.15, -0.1) is 0 Å². The first-order valence-electron chi connectivity index (χ1n) is 12.0. The predicted molar refractivity (Wildman–Crippen MR) is 138 cm³/mol. The number of pyridine rings is 1. The molecule has 192 valence electrons. The predicted octanol–water partition coefficient (Wildman–Crippen LogP) is 3.73. The molecule has 12 heteroatoms. The van der Waals surface area contributed by atoms with Gasteiger partial charge in [0.2, 0.25) is 0 Å². The minimum absolute atomic E-state index is 0.206. The Hall–Kier alpha value is -3.70. The van der Waals surface area contributed by atoms with E-state index in [1.165, 1.54) is 0 Å². The summed E-state index contributed by atoms with van der Waals surface area (Å²) in [6.07, 6.45) is 9.26. The third-order valence-electron chi connectivity index (χ3n) is 5.98. The number of carbonyl (C=O) groups is 1. The monoisotopic (exact) mass is 521 g/mol. The molecule has 0 radical (unpaired) electrons. The SMILES string of the molecule is Cc1cncc(-c2cc3c(cn2)cnn3-c2cnc(Cl)c([C@]3(NC(=O)OC(C)(C)C)CCCNC3)n2)n1. The molecule has 1 amide bonds. The van der Waals surface area contributed by atoms with E-state index in [0.29, 0.717) is 35.9 Å². The fraction of sp³-hybridized carbons (Fsp3) is 0.400. The Balaban J connectivity index is 1.57. The zero-order valence-electron chi connectivity index (χ0n) is 21.1. The molecule has 1 aliphatic heterocycles. The van der Waals surface area contributed by atoms with Crippen LogP contribution in [0.5, 0.6) is 0 Å². The number of fused-ring (bicyclic) bond motifs is 1. The van der Waals surface area contributed by atoms with E-state index in [1.807, 2.05) is 33.8 Å². The molecule has 11 nitrogen and oxygen atoms in total. The molecule has 4 aromatic rings. The number of ether oxygens (including phenoxy) is 1. The van der Waals surface area contributed by atoms with Crippen molar-refractivity contribution < 1.29 is 9.53 Å². The molecule has 5 rings (SSSR count). The van der Waals surface area contributed by atoms with E-state index in [4.69, 9.17) is 21.3 Å². The van der Waals surface area contributed by atoms with Crippen LogP contribution in [0, 0.1) is 6.92 Å². The van der Waals surface area contributed by atoms with Gasteiger partial charge in [-0.3, -0.25) is 9.97 Å². The average Bonchev–Trinajstić information content (AvgIpc) is 3.27. The van der Waals surface area contributed by atoms with E-state index in [-0.39, 0.29) is 5.15 Å². The lowest BCUT2D eigenvalue weighted by atomic mass is 9.87. The van der Waals surface area contributed by atoms with Gasteiger partial charge in [0.05, 0.1) is 35.5 Å². The van der Waals surface area contributed by atoms with Crippen molar-refractivity contribution in [2.75, 3.05) is 13.1 Å².